The van der Waals surface area contributed by atoms with E-state index in [1.165, 1.54) is 12.1 Å². The Morgan fingerprint density at radius 2 is 2.00 bits per heavy atom. The van der Waals surface area contributed by atoms with Gasteiger partial charge in [0.05, 0.1) is 11.4 Å². The number of carbonyl (C=O) groups is 1. The topological polar surface area (TPSA) is 34.9 Å². The van der Waals surface area contributed by atoms with Crippen LogP contribution in [0.3, 0.4) is 0 Å². The minimum absolute atomic E-state index is 0.291. The zero-order valence-corrected chi connectivity index (χ0v) is 9.19. The Morgan fingerprint density at radius 3 is 2.71 bits per heavy atom. The van der Waals surface area contributed by atoms with E-state index < -0.39 is 0 Å². The summed E-state index contributed by atoms with van der Waals surface area (Å²) in [7, 11) is 0. The molecule has 0 amide bonds. The predicted octanol–water partition coefficient (Wildman–Crippen LogP) is 2.31. The number of rotatable bonds is 2. The lowest BCUT2D eigenvalue weighted by atomic mass is 10.2. The van der Waals surface area contributed by atoms with Crippen LogP contribution in [0, 0.1) is 5.82 Å². The second kappa shape index (κ2) is 3.80. The van der Waals surface area contributed by atoms with Gasteiger partial charge in [-0.1, -0.05) is 0 Å². The van der Waals surface area contributed by atoms with Gasteiger partial charge >= 0.3 is 0 Å². The Labute approximate surface area is 97.9 Å². The Kier molecular flexibility index (Phi) is 2.28. The lowest BCUT2D eigenvalue weighted by Gasteiger charge is -2.04. The van der Waals surface area contributed by atoms with Crippen molar-refractivity contribution in [2.24, 2.45) is 0 Å². The SMILES string of the molecule is O=Cc1c2c(nn1-c1ccc(F)cc1)CCC2. The maximum Gasteiger partial charge on any atom is 0.168 e. The zero-order chi connectivity index (χ0) is 11.8. The molecule has 3 nitrogen and oxygen atoms in total. The summed E-state index contributed by atoms with van der Waals surface area (Å²) in [4.78, 5) is 11.2. The summed E-state index contributed by atoms with van der Waals surface area (Å²) in [5.74, 6) is -0.291. The average molecular weight is 230 g/mol. The Morgan fingerprint density at radius 1 is 1.24 bits per heavy atom. The highest BCUT2D eigenvalue weighted by Gasteiger charge is 2.22. The van der Waals surface area contributed by atoms with Gasteiger partial charge in [-0.05, 0) is 43.5 Å². The molecule has 4 heteroatoms. The van der Waals surface area contributed by atoms with Gasteiger partial charge in [-0.2, -0.15) is 5.10 Å². The van der Waals surface area contributed by atoms with Crippen LogP contribution < -0.4 is 0 Å². The third-order valence-electron chi connectivity index (χ3n) is 3.13. The number of hydrogen-bond acceptors (Lipinski definition) is 2. The van der Waals surface area contributed by atoms with Gasteiger partial charge < -0.3 is 0 Å². The van der Waals surface area contributed by atoms with Crippen LogP contribution in [0.1, 0.15) is 28.2 Å². The van der Waals surface area contributed by atoms with Gasteiger partial charge in [-0.3, -0.25) is 4.79 Å². The van der Waals surface area contributed by atoms with Crippen LogP contribution in [0.5, 0.6) is 0 Å². The number of carbonyl (C=O) groups excluding carboxylic acids is 1. The lowest BCUT2D eigenvalue weighted by molar-refractivity contribution is 0.111. The molecule has 3 rings (SSSR count). The van der Waals surface area contributed by atoms with Crippen LogP contribution in [0.2, 0.25) is 0 Å². The second-order valence-electron chi connectivity index (χ2n) is 4.17. The monoisotopic (exact) mass is 230 g/mol. The fraction of sp³-hybridized carbons (Fsp3) is 0.231. The van der Waals surface area contributed by atoms with Crippen molar-refractivity contribution in [2.45, 2.75) is 19.3 Å². The molecule has 0 aliphatic heterocycles. The fourth-order valence-electron chi connectivity index (χ4n) is 2.32. The zero-order valence-electron chi connectivity index (χ0n) is 9.19. The first-order valence-corrected chi connectivity index (χ1v) is 5.61. The molecule has 0 atom stereocenters. The van der Waals surface area contributed by atoms with Gasteiger partial charge in [-0.15, -0.1) is 0 Å². The van der Waals surface area contributed by atoms with Gasteiger partial charge in [0.25, 0.3) is 0 Å². The highest BCUT2D eigenvalue weighted by molar-refractivity contribution is 5.77. The van der Waals surface area contributed by atoms with E-state index in [4.69, 9.17) is 0 Å². The Bertz CT molecular complexity index is 572. The van der Waals surface area contributed by atoms with E-state index in [0.29, 0.717) is 5.69 Å². The normalized spacial score (nSPS) is 13.7. The molecule has 1 heterocycles. The number of aryl methyl sites for hydroxylation is 1. The molecule has 17 heavy (non-hydrogen) atoms. The van der Waals surface area contributed by atoms with Crippen molar-refractivity contribution < 1.29 is 9.18 Å². The number of nitrogens with zero attached hydrogens (tertiary/aromatic N) is 2. The van der Waals surface area contributed by atoms with Crippen molar-refractivity contribution in [1.82, 2.24) is 9.78 Å². The molecule has 0 fully saturated rings. The van der Waals surface area contributed by atoms with E-state index in [0.717, 1.165) is 42.5 Å². The number of aromatic nitrogens is 2. The highest BCUT2D eigenvalue weighted by atomic mass is 19.1. The third-order valence-corrected chi connectivity index (χ3v) is 3.13. The van der Waals surface area contributed by atoms with Gasteiger partial charge in [0.1, 0.15) is 11.5 Å². The molecule has 0 N–H and O–H groups in total. The largest absolute Gasteiger partial charge is 0.296 e. The summed E-state index contributed by atoms with van der Waals surface area (Å²) in [6, 6.07) is 6.00. The van der Waals surface area contributed by atoms with Crippen LogP contribution in [0.25, 0.3) is 5.69 Å². The third kappa shape index (κ3) is 1.56. The summed E-state index contributed by atoms with van der Waals surface area (Å²) < 4.78 is 14.5. The molecule has 1 aromatic carbocycles. The first kappa shape index (κ1) is 10.2. The minimum Gasteiger partial charge on any atom is -0.296 e. The first-order valence-electron chi connectivity index (χ1n) is 5.61. The molecular formula is C13H11FN2O. The molecule has 0 saturated carbocycles. The van der Waals surface area contributed by atoms with Crippen LogP contribution in [0.15, 0.2) is 24.3 Å². The Balaban J connectivity index is 2.15. The number of benzene rings is 1. The van der Waals surface area contributed by atoms with Crippen molar-refractivity contribution in [3.05, 3.63) is 47.0 Å². The van der Waals surface area contributed by atoms with E-state index in [1.807, 2.05) is 0 Å². The van der Waals surface area contributed by atoms with E-state index in [1.54, 1.807) is 16.8 Å². The summed E-state index contributed by atoms with van der Waals surface area (Å²) >= 11 is 0. The molecule has 0 spiro atoms. The minimum atomic E-state index is -0.291. The molecule has 0 bridgehead atoms. The van der Waals surface area contributed by atoms with Crippen LogP contribution in [0.4, 0.5) is 4.39 Å². The van der Waals surface area contributed by atoms with Crippen LogP contribution >= 0.6 is 0 Å². The lowest BCUT2D eigenvalue weighted by Crippen LogP contribution is -2.03. The quantitative estimate of drug-likeness (QED) is 0.742. The predicted molar refractivity (Wildman–Crippen MR) is 60.9 cm³/mol. The first-order chi connectivity index (χ1) is 8.29. The molecule has 0 unspecified atom stereocenters. The molecule has 86 valence electrons. The van der Waals surface area contributed by atoms with E-state index in [2.05, 4.69) is 5.10 Å². The number of fused-ring (bicyclic) bond motifs is 1. The summed E-state index contributed by atoms with van der Waals surface area (Å²) in [5, 5.41) is 4.42. The average Bonchev–Trinajstić information content (AvgIpc) is 2.89. The van der Waals surface area contributed by atoms with Crippen molar-refractivity contribution in [3.8, 4) is 5.69 Å². The molecule has 0 saturated heterocycles. The number of halogens is 1. The van der Waals surface area contributed by atoms with Crippen molar-refractivity contribution in [2.75, 3.05) is 0 Å². The fourth-order valence-corrected chi connectivity index (χ4v) is 2.32. The highest BCUT2D eigenvalue weighted by Crippen LogP contribution is 2.25. The standard InChI is InChI=1S/C13H11FN2O/c14-9-4-6-10(7-5-9)16-13(8-17)11-2-1-3-12(11)15-16/h4-8H,1-3H2. The summed E-state index contributed by atoms with van der Waals surface area (Å²) in [5.41, 5.74) is 3.37. The Hall–Kier alpha value is -1.97. The number of aldehydes is 1. The summed E-state index contributed by atoms with van der Waals surface area (Å²) in [6.45, 7) is 0. The van der Waals surface area contributed by atoms with Gasteiger partial charge in [0, 0.05) is 5.56 Å². The van der Waals surface area contributed by atoms with Crippen molar-refractivity contribution >= 4 is 6.29 Å². The van der Waals surface area contributed by atoms with Crippen molar-refractivity contribution in [3.63, 3.8) is 0 Å². The van der Waals surface area contributed by atoms with Crippen LogP contribution in [-0.4, -0.2) is 16.1 Å². The van der Waals surface area contributed by atoms with E-state index >= 15 is 0 Å². The number of hydrogen-bond donors (Lipinski definition) is 0. The van der Waals surface area contributed by atoms with Crippen molar-refractivity contribution in [1.29, 1.82) is 0 Å². The molecule has 0 radical (unpaired) electrons. The maximum absolute atomic E-state index is 12.8. The van der Waals surface area contributed by atoms with Gasteiger partial charge in [0.15, 0.2) is 6.29 Å². The molecule has 1 aromatic heterocycles. The van der Waals surface area contributed by atoms with E-state index in [-0.39, 0.29) is 5.82 Å². The molecule has 1 aliphatic rings. The summed E-state index contributed by atoms with van der Waals surface area (Å²) in [6.07, 6.45) is 3.72. The van der Waals surface area contributed by atoms with Gasteiger partial charge in [-0.25, -0.2) is 9.07 Å². The maximum atomic E-state index is 12.8. The molecular weight excluding hydrogens is 219 g/mol. The van der Waals surface area contributed by atoms with E-state index in [9.17, 15) is 9.18 Å². The molecule has 1 aliphatic carbocycles. The smallest absolute Gasteiger partial charge is 0.168 e. The van der Waals surface area contributed by atoms with Gasteiger partial charge in [0.2, 0.25) is 0 Å². The second-order valence-corrected chi connectivity index (χ2v) is 4.17. The molecule has 2 aromatic rings. The van der Waals surface area contributed by atoms with Crippen LogP contribution in [-0.2, 0) is 12.8 Å².